The van der Waals surface area contributed by atoms with Gasteiger partial charge in [-0.05, 0) is 30.2 Å². The van der Waals surface area contributed by atoms with E-state index in [9.17, 15) is 0 Å². The van der Waals surface area contributed by atoms with Gasteiger partial charge in [-0.3, -0.25) is 0 Å². The molecule has 1 aromatic carbocycles. The molecule has 0 spiro atoms. The average Bonchev–Trinajstić information content (AvgIpc) is 3.42. The first-order valence-electron chi connectivity index (χ1n) is 9.28. The van der Waals surface area contributed by atoms with E-state index in [1.807, 2.05) is 30.3 Å². The van der Waals surface area contributed by atoms with Crippen molar-refractivity contribution in [1.29, 1.82) is 0 Å². The highest BCUT2D eigenvalue weighted by Crippen LogP contribution is 2.43. The van der Waals surface area contributed by atoms with Crippen LogP contribution in [0.3, 0.4) is 0 Å². The van der Waals surface area contributed by atoms with Gasteiger partial charge in [-0.25, -0.2) is 0 Å². The van der Waals surface area contributed by atoms with Crippen LogP contribution in [0.5, 0.6) is 5.75 Å². The van der Waals surface area contributed by atoms with Gasteiger partial charge >= 0.3 is 0 Å². The second-order valence-electron chi connectivity index (χ2n) is 7.56. The molecule has 0 N–H and O–H groups in total. The summed E-state index contributed by atoms with van der Waals surface area (Å²) in [5.74, 6) is 1.21. The molecular weight excluding hydrogens is 316 g/mol. The van der Waals surface area contributed by atoms with Crippen molar-refractivity contribution in [3.05, 3.63) is 54.1 Å². The maximum Gasteiger partial charge on any atom is 0.136 e. The Kier molecular flexibility index (Phi) is 3.92. The molecule has 3 heterocycles. The maximum absolute atomic E-state index is 6.61. The lowest BCUT2D eigenvalue weighted by Crippen LogP contribution is -2.44. The molecule has 4 nitrogen and oxygen atoms in total. The van der Waals surface area contributed by atoms with Crippen molar-refractivity contribution in [3.63, 3.8) is 0 Å². The third-order valence-electron chi connectivity index (χ3n) is 5.41. The molecule has 0 amide bonds. The summed E-state index contributed by atoms with van der Waals surface area (Å²) in [5.41, 5.74) is 1.000. The first-order valence-corrected chi connectivity index (χ1v) is 9.28. The summed E-state index contributed by atoms with van der Waals surface area (Å²) < 4.78 is 23.1. The number of epoxide rings is 3. The monoisotopic (exact) mass is 340 g/mol. The molecule has 1 aliphatic carbocycles. The van der Waals surface area contributed by atoms with Crippen LogP contribution in [0, 0.1) is 5.92 Å². The molecule has 1 aromatic rings. The van der Waals surface area contributed by atoms with E-state index in [0.717, 1.165) is 44.8 Å². The molecule has 4 aliphatic rings. The first-order chi connectivity index (χ1) is 12.3. The summed E-state index contributed by atoms with van der Waals surface area (Å²) in [5, 5.41) is 0. The van der Waals surface area contributed by atoms with Crippen molar-refractivity contribution < 1.29 is 18.9 Å². The van der Waals surface area contributed by atoms with Crippen molar-refractivity contribution in [1.82, 2.24) is 0 Å². The SMILES string of the molecule is C1=CC(CC2CO2)(Oc2ccccc2)C(CC2CO2)C=C1CC1CO1. The topological polar surface area (TPSA) is 46.8 Å². The lowest BCUT2D eigenvalue weighted by atomic mass is 9.75. The summed E-state index contributed by atoms with van der Waals surface area (Å²) in [6.07, 6.45) is 10.9. The second-order valence-corrected chi connectivity index (χ2v) is 7.56. The molecule has 3 aliphatic heterocycles. The van der Waals surface area contributed by atoms with E-state index in [1.54, 1.807) is 0 Å². The van der Waals surface area contributed by atoms with Gasteiger partial charge in [0.05, 0.1) is 38.1 Å². The summed E-state index contributed by atoms with van der Waals surface area (Å²) in [4.78, 5) is 0. The van der Waals surface area contributed by atoms with Gasteiger partial charge in [0.1, 0.15) is 11.4 Å². The van der Waals surface area contributed by atoms with Crippen LogP contribution in [0.15, 0.2) is 54.1 Å². The first kappa shape index (κ1) is 15.6. The van der Waals surface area contributed by atoms with Gasteiger partial charge in [-0.1, -0.05) is 30.4 Å². The van der Waals surface area contributed by atoms with Gasteiger partial charge < -0.3 is 18.9 Å². The van der Waals surface area contributed by atoms with Gasteiger partial charge in [0.2, 0.25) is 0 Å². The van der Waals surface area contributed by atoms with Crippen molar-refractivity contribution in [3.8, 4) is 5.75 Å². The minimum atomic E-state index is -0.359. The summed E-state index contributed by atoms with van der Waals surface area (Å²) in [6, 6.07) is 10.1. The molecule has 0 aromatic heterocycles. The van der Waals surface area contributed by atoms with Gasteiger partial charge in [0.25, 0.3) is 0 Å². The number of ether oxygens (including phenoxy) is 4. The van der Waals surface area contributed by atoms with Crippen molar-refractivity contribution in [2.75, 3.05) is 19.8 Å². The molecule has 5 unspecified atom stereocenters. The van der Waals surface area contributed by atoms with E-state index in [2.05, 4.69) is 18.2 Å². The molecule has 5 rings (SSSR count). The smallest absolute Gasteiger partial charge is 0.136 e. The standard InChI is InChI=1S/C21H24O4/c1-2-4-17(5-3-1)25-21(11-20-14-24-20)7-6-15(9-18-12-22-18)8-16(21)10-19-13-23-19/h1-8,16,18-20H,9-14H2. The van der Waals surface area contributed by atoms with E-state index in [0.29, 0.717) is 24.2 Å². The van der Waals surface area contributed by atoms with Crippen LogP contribution in [-0.2, 0) is 14.2 Å². The van der Waals surface area contributed by atoms with Gasteiger partial charge in [0, 0.05) is 18.8 Å². The van der Waals surface area contributed by atoms with Crippen LogP contribution in [-0.4, -0.2) is 43.7 Å². The Hall–Kier alpha value is -1.62. The second kappa shape index (κ2) is 6.27. The molecule has 132 valence electrons. The number of hydrogen-bond acceptors (Lipinski definition) is 4. The van der Waals surface area contributed by atoms with Crippen LogP contribution in [0.2, 0.25) is 0 Å². The lowest BCUT2D eigenvalue weighted by Gasteiger charge is -2.40. The van der Waals surface area contributed by atoms with Gasteiger partial charge in [-0.2, -0.15) is 0 Å². The highest BCUT2D eigenvalue weighted by Gasteiger charge is 2.47. The van der Waals surface area contributed by atoms with Crippen molar-refractivity contribution in [2.45, 2.75) is 43.2 Å². The third-order valence-corrected chi connectivity index (χ3v) is 5.41. The molecule has 3 saturated heterocycles. The number of para-hydroxylation sites is 1. The predicted molar refractivity (Wildman–Crippen MR) is 93.6 cm³/mol. The predicted octanol–water partition coefficient (Wildman–Crippen LogP) is 3.28. The van der Waals surface area contributed by atoms with E-state index in [-0.39, 0.29) is 5.60 Å². The van der Waals surface area contributed by atoms with Gasteiger partial charge in [0.15, 0.2) is 0 Å². The summed E-state index contributed by atoms with van der Waals surface area (Å²) in [6.45, 7) is 2.60. The quantitative estimate of drug-likeness (QED) is 0.681. The Morgan fingerprint density at radius 1 is 0.960 bits per heavy atom. The van der Waals surface area contributed by atoms with Crippen LogP contribution in [0.4, 0.5) is 0 Å². The fourth-order valence-corrected chi connectivity index (χ4v) is 3.79. The zero-order chi connectivity index (χ0) is 16.7. The zero-order valence-corrected chi connectivity index (χ0v) is 14.3. The Labute approximate surface area is 148 Å². The van der Waals surface area contributed by atoms with Crippen molar-refractivity contribution >= 4 is 0 Å². The molecule has 25 heavy (non-hydrogen) atoms. The fourth-order valence-electron chi connectivity index (χ4n) is 3.79. The lowest BCUT2D eigenvalue weighted by molar-refractivity contribution is 0.0489. The number of hydrogen-bond donors (Lipinski definition) is 0. The number of allylic oxidation sites excluding steroid dienone is 1. The summed E-state index contributed by atoms with van der Waals surface area (Å²) >= 11 is 0. The van der Waals surface area contributed by atoms with Crippen LogP contribution in [0.25, 0.3) is 0 Å². The molecule has 0 bridgehead atoms. The van der Waals surface area contributed by atoms with E-state index in [4.69, 9.17) is 18.9 Å². The minimum Gasteiger partial charge on any atom is -0.482 e. The molecule has 3 fully saturated rings. The minimum absolute atomic E-state index is 0.295. The summed E-state index contributed by atoms with van der Waals surface area (Å²) in [7, 11) is 0. The Morgan fingerprint density at radius 2 is 1.68 bits per heavy atom. The van der Waals surface area contributed by atoms with Crippen LogP contribution >= 0.6 is 0 Å². The Balaban J connectivity index is 1.43. The largest absolute Gasteiger partial charge is 0.482 e. The van der Waals surface area contributed by atoms with E-state index in [1.165, 1.54) is 5.57 Å². The molecule has 4 heteroatoms. The Morgan fingerprint density at radius 3 is 2.36 bits per heavy atom. The highest BCUT2D eigenvalue weighted by molar-refractivity contribution is 5.34. The number of rotatable bonds is 8. The maximum atomic E-state index is 6.61. The highest BCUT2D eigenvalue weighted by atomic mass is 16.6. The fraction of sp³-hybridized carbons (Fsp3) is 0.524. The molecule has 0 saturated carbocycles. The van der Waals surface area contributed by atoms with Crippen LogP contribution in [0.1, 0.15) is 19.3 Å². The normalized spacial score (nSPS) is 38.2. The van der Waals surface area contributed by atoms with E-state index >= 15 is 0 Å². The molecular formula is C21H24O4. The van der Waals surface area contributed by atoms with Crippen LogP contribution < -0.4 is 4.74 Å². The van der Waals surface area contributed by atoms with Crippen molar-refractivity contribution in [2.24, 2.45) is 5.92 Å². The Bertz CT molecular complexity index is 670. The third kappa shape index (κ3) is 3.81. The zero-order valence-electron chi connectivity index (χ0n) is 14.3. The molecule has 5 atom stereocenters. The average molecular weight is 340 g/mol. The number of benzene rings is 1. The molecule has 0 radical (unpaired) electrons. The van der Waals surface area contributed by atoms with Gasteiger partial charge in [-0.15, -0.1) is 0 Å². The van der Waals surface area contributed by atoms with E-state index < -0.39 is 0 Å².